The van der Waals surface area contributed by atoms with Crippen molar-refractivity contribution in [2.24, 2.45) is 0 Å². The van der Waals surface area contributed by atoms with Crippen LogP contribution in [0.2, 0.25) is 0 Å². The summed E-state index contributed by atoms with van der Waals surface area (Å²) in [6.07, 6.45) is 0. The molecule has 3 N–H and O–H groups in total. The average molecular weight is 384 g/mol. The van der Waals surface area contributed by atoms with Gasteiger partial charge in [0.1, 0.15) is 11.5 Å². The van der Waals surface area contributed by atoms with Crippen LogP contribution in [0.3, 0.4) is 0 Å². The van der Waals surface area contributed by atoms with Gasteiger partial charge in [-0.3, -0.25) is 10.1 Å². The molecule has 0 aliphatic rings. The van der Waals surface area contributed by atoms with Gasteiger partial charge >= 0.3 is 6.03 Å². The fraction of sp³-hybridized carbons (Fsp3) is 0.105. The molecule has 0 saturated carbocycles. The normalized spacial score (nSPS) is 10.3. The fourth-order valence-electron chi connectivity index (χ4n) is 2.21. The van der Waals surface area contributed by atoms with Crippen LogP contribution >= 0.6 is 11.3 Å². The van der Waals surface area contributed by atoms with E-state index < -0.39 is 6.03 Å². The van der Waals surface area contributed by atoms with Gasteiger partial charge in [-0.1, -0.05) is 29.8 Å². The first-order valence-electron chi connectivity index (χ1n) is 8.12. The smallest absolute Gasteiger partial charge is 0.325 e. The van der Waals surface area contributed by atoms with Crippen LogP contribution < -0.4 is 16.0 Å². The molecule has 2 aromatic carbocycles. The highest BCUT2D eigenvalue weighted by atomic mass is 32.1. The molecule has 0 aliphatic carbocycles. The molecule has 3 amide bonds. The Morgan fingerprint density at radius 3 is 2.44 bits per heavy atom. The van der Waals surface area contributed by atoms with Crippen molar-refractivity contribution in [2.75, 3.05) is 10.6 Å². The van der Waals surface area contributed by atoms with Gasteiger partial charge in [-0.05, 0) is 36.8 Å². The van der Waals surface area contributed by atoms with E-state index in [1.54, 1.807) is 5.38 Å². The molecule has 138 valence electrons. The summed E-state index contributed by atoms with van der Waals surface area (Å²) in [5, 5.41) is 9.74. The van der Waals surface area contributed by atoms with Crippen LogP contribution in [0.15, 0.2) is 53.9 Å². The number of hydrogen-bond donors (Lipinski definition) is 3. The van der Waals surface area contributed by atoms with E-state index in [0.717, 1.165) is 22.5 Å². The van der Waals surface area contributed by atoms with Crippen LogP contribution in [0.25, 0.3) is 0 Å². The molecule has 3 rings (SSSR count). The van der Waals surface area contributed by atoms with Gasteiger partial charge in [-0.2, -0.15) is 0 Å². The summed E-state index contributed by atoms with van der Waals surface area (Å²) in [7, 11) is 0. The average Bonchev–Trinajstić information content (AvgIpc) is 3.11. The topological polar surface area (TPSA) is 83.1 Å². The van der Waals surface area contributed by atoms with E-state index >= 15 is 0 Å². The molecule has 0 aliphatic heterocycles. The Morgan fingerprint density at radius 2 is 1.74 bits per heavy atom. The molecule has 8 heteroatoms. The van der Waals surface area contributed by atoms with Crippen LogP contribution in [0.4, 0.5) is 20.0 Å². The number of rotatable bonds is 5. The van der Waals surface area contributed by atoms with Gasteiger partial charge < -0.3 is 10.6 Å². The standard InChI is InChI=1S/C19H17FN4O2S/c1-12-2-4-13(5-3-12)10-21-17(25)16-11-27-19(23-16)24-18(26)22-15-8-6-14(20)7-9-15/h2-9,11H,10H2,1H3,(H,21,25)(H2,22,23,24,26). The predicted octanol–water partition coefficient (Wildman–Crippen LogP) is 4.16. The Balaban J connectivity index is 1.52. The van der Waals surface area contributed by atoms with E-state index in [0.29, 0.717) is 12.2 Å². The molecule has 0 unspecified atom stereocenters. The molecule has 1 heterocycles. The number of carbonyl (C=O) groups is 2. The van der Waals surface area contributed by atoms with Crippen molar-refractivity contribution in [3.63, 3.8) is 0 Å². The molecule has 3 aromatic rings. The van der Waals surface area contributed by atoms with Crippen molar-refractivity contribution in [2.45, 2.75) is 13.5 Å². The summed E-state index contributed by atoms with van der Waals surface area (Å²) in [4.78, 5) is 28.2. The lowest BCUT2D eigenvalue weighted by atomic mass is 10.1. The highest BCUT2D eigenvalue weighted by Gasteiger charge is 2.12. The largest absolute Gasteiger partial charge is 0.347 e. The maximum Gasteiger partial charge on any atom is 0.325 e. The number of nitrogens with one attached hydrogen (secondary N) is 3. The first-order chi connectivity index (χ1) is 13.0. The number of aryl methyl sites for hydroxylation is 1. The number of nitrogens with zero attached hydrogens (tertiary/aromatic N) is 1. The predicted molar refractivity (Wildman–Crippen MR) is 104 cm³/mol. The molecule has 6 nitrogen and oxygen atoms in total. The second kappa shape index (κ2) is 8.41. The molecule has 1 aromatic heterocycles. The van der Waals surface area contributed by atoms with E-state index in [-0.39, 0.29) is 22.5 Å². The van der Waals surface area contributed by atoms with E-state index in [1.165, 1.54) is 24.3 Å². The van der Waals surface area contributed by atoms with Crippen LogP contribution in [0, 0.1) is 12.7 Å². The summed E-state index contributed by atoms with van der Waals surface area (Å²) >= 11 is 1.14. The zero-order chi connectivity index (χ0) is 19.2. The number of carbonyl (C=O) groups excluding carboxylic acids is 2. The third-order valence-corrected chi connectivity index (χ3v) is 4.39. The number of aromatic nitrogens is 1. The molecule has 0 spiro atoms. The van der Waals surface area contributed by atoms with Crippen molar-refractivity contribution in [1.82, 2.24) is 10.3 Å². The Morgan fingerprint density at radius 1 is 1.04 bits per heavy atom. The quantitative estimate of drug-likeness (QED) is 0.617. The number of amides is 3. The van der Waals surface area contributed by atoms with Crippen LogP contribution in [-0.2, 0) is 6.54 Å². The van der Waals surface area contributed by atoms with Crippen molar-refractivity contribution >= 4 is 34.1 Å². The van der Waals surface area contributed by atoms with Gasteiger partial charge in [0.05, 0.1) is 0 Å². The summed E-state index contributed by atoms with van der Waals surface area (Å²) < 4.78 is 12.9. The molecule has 0 saturated heterocycles. The monoisotopic (exact) mass is 384 g/mol. The number of urea groups is 1. The van der Waals surface area contributed by atoms with Crippen molar-refractivity contribution < 1.29 is 14.0 Å². The van der Waals surface area contributed by atoms with Crippen molar-refractivity contribution in [1.29, 1.82) is 0 Å². The summed E-state index contributed by atoms with van der Waals surface area (Å²) in [5.41, 5.74) is 2.81. The van der Waals surface area contributed by atoms with Gasteiger partial charge in [0.25, 0.3) is 5.91 Å². The van der Waals surface area contributed by atoms with E-state index in [9.17, 15) is 14.0 Å². The molecule has 0 radical (unpaired) electrons. The summed E-state index contributed by atoms with van der Waals surface area (Å²) in [5.74, 6) is -0.707. The number of benzene rings is 2. The summed E-state index contributed by atoms with van der Waals surface area (Å²) in [6.45, 7) is 2.39. The molecule has 0 atom stereocenters. The number of anilines is 2. The Bertz CT molecular complexity index is 939. The Labute approximate surface area is 159 Å². The Hall–Kier alpha value is -3.26. The lowest BCUT2D eigenvalue weighted by Crippen LogP contribution is -2.23. The van der Waals surface area contributed by atoms with Crippen molar-refractivity contribution in [3.05, 3.63) is 76.5 Å². The van der Waals surface area contributed by atoms with Crippen molar-refractivity contribution in [3.8, 4) is 0 Å². The highest BCUT2D eigenvalue weighted by Crippen LogP contribution is 2.16. The minimum absolute atomic E-state index is 0.226. The van der Waals surface area contributed by atoms with Crippen LogP contribution in [0.5, 0.6) is 0 Å². The fourth-order valence-corrected chi connectivity index (χ4v) is 2.89. The molecule has 0 fully saturated rings. The first-order valence-corrected chi connectivity index (χ1v) is 9.00. The second-order valence-corrected chi connectivity index (χ2v) is 6.65. The van der Waals surface area contributed by atoms with Gasteiger partial charge in [0.15, 0.2) is 5.13 Å². The van der Waals surface area contributed by atoms with E-state index in [4.69, 9.17) is 0 Å². The Kier molecular flexibility index (Phi) is 5.77. The SMILES string of the molecule is Cc1ccc(CNC(=O)c2csc(NC(=O)Nc3ccc(F)cc3)n2)cc1. The maximum atomic E-state index is 12.9. The number of hydrogen-bond acceptors (Lipinski definition) is 4. The molecular weight excluding hydrogens is 367 g/mol. The minimum atomic E-state index is -0.525. The molecule has 27 heavy (non-hydrogen) atoms. The van der Waals surface area contributed by atoms with Gasteiger partial charge in [0.2, 0.25) is 0 Å². The minimum Gasteiger partial charge on any atom is -0.347 e. The number of thiazole rings is 1. The first kappa shape index (κ1) is 18.5. The van der Waals surface area contributed by atoms with E-state index in [2.05, 4.69) is 20.9 Å². The van der Waals surface area contributed by atoms with Gasteiger partial charge in [0, 0.05) is 17.6 Å². The van der Waals surface area contributed by atoms with Crippen LogP contribution in [-0.4, -0.2) is 16.9 Å². The maximum absolute atomic E-state index is 12.9. The van der Waals surface area contributed by atoms with Gasteiger partial charge in [-0.25, -0.2) is 14.2 Å². The third kappa shape index (κ3) is 5.35. The third-order valence-electron chi connectivity index (χ3n) is 3.63. The lowest BCUT2D eigenvalue weighted by molar-refractivity contribution is 0.0946. The summed E-state index contributed by atoms with van der Waals surface area (Å²) in [6, 6.07) is 12.7. The molecular formula is C19H17FN4O2S. The lowest BCUT2D eigenvalue weighted by Gasteiger charge is -2.05. The molecule has 0 bridgehead atoms. The van der Waals surface area contributed by atoms with Crippen LogP contribution in [0.1, 0.15) is 21.6 Å². The second-order valence-electron chi connectivity index (χ2n) is 5.79. The zero-order valence-electron chi connectivity index (χ0n) is 14.5. The highest BCUT2D eigenvalue weighted by molar-refractivity contribution is 7.14. The number of halogens is 1. The van der Waals surface area contributed by atoms with E-state index in [1.807, 2.05) is 31.2 Å². The zero-order valence-corrected chi connectivity index (χ0v) is 15.3. The van der Waals surface area contributed by atoms with Gasteiger partial charge in [-0.15, -0.1) is 11.3 Å².